The summed E-state index contributed by atoms with van der Waals surface area (Å²) in [4.78, 5) is 18.1. The first-order valence-electron chi connectivity index (χ1n) is 25.6. The summed E-state index contributed by atoms with van der Waals surface area (Å²) in [6.45, 7) is 21.3. The van der Waals surface area contributed by atoms with Crippen LogP contribution in [0.5, 0.6) is 0 Å². The Balaban J connectivity index is 0.00000616. The minimum absolute atomic E-state index is 0. The molecule has 380 valence electrons. The van der Waals surface area contributed by atoms with Crippen molar-refractivity contribution in [1.82, 2.24) is 19.5 Å². The molecule has 3 aromatic heterocycles. The van der Waals surface area contributed by atoms with Crippen LogP contribution < -0.4 is 9.88 Å². The quantitative estimate of drug-likeness (QED) is 0.149. The number of nitrogens with zero attached hydrogens (tertiary/aromatic N) is 5. The zero-order valence-corrected chi connectivity index (χ0v) is 46.5. The Morgan fingerprint density at radius 3 is 2.07 bits per heavy atom. The van der Waals surface area contributed by atoms with Crippen LogP contribution in [0.4, 0.5) is 30.4 Å². The summed E-state index contributed by atoms with van der Waals surface area (Å²) in [6.07, 6.45) is -2.86. The molecule has 0 radical (unpaired) electrons. The molecule has 0 spiro atoms. The first-order chi connectivity index (χ1) is 35.8. The van der Waals surface area contributed by atoms with Crippen molar-refractivity contribution in [3.05, 3.63) is 225 Å². The van der Waals surface area contributed by atoms with E-state index in [0.29, 0.717) is 45.1 Å². The SMILES string of the molecule is Cc1cc(C)c(-c2ccnc(N3c4[c-]c(-c5cc(C(F)(F)F)cc6c5nc(-c5ccc(C(C)(C)c7ccccc7)c7c5[n-]c5ccccc57)n6-c5cc(C)cc(C)c5C)ccc4C(C)(C)c4ccccc43)c2)c(C)c1.[Pt+2]. The molecule has 0 aliphatic carbocycles. The number of para-hydroxylation sites is 2. The van der Waals surface area contributed by atoms with Gasteiger partial charge in [-0.3, -0.25) is 4.57 Å². The molecule has 0 atom stereocenters. The number of hydrogen-bond acceptors (Lipinski definition) is 3. The van der Waals surface area contributed by atoms with Gasteiger partial charge in [-0.25, -0.2) is 9.97 Å². The van der Waals surface area contributed by atoms with Crippen LogP contribution in [0, 0.1) is 47.6 Å². The van der Waals surface area contributed by atoms with Crippen molar-refractivity contribution >= 4 is 50.0 Å². The van der Waals surface area contributed by atoms with Crippen LogP contribution >= 0.6 is 0 Å². The zero-order chi connectivity index (χ0) is 52.5. The fourth-order valence-electron chi connectivity index (χ4n) is 12.2. The molecule has 1 aliphatic heterocycles. The van der Waals surface area contributed by atoms with Gasteiger partial charge in [0.1, 0.15) is 11.6 Å². The number of imidazole rings is 1. The van der Waals surface area contributed by atoms with E-state index in [0.717, 1.165) is 94.4 Å². The van der Waals surface area contributed by atoms with E-state index in [1.165, 1.54) is 17.7 Å². The Morgan fingerprint density at radius 2 is 1.32 bits per heavy atom. The van der Waals surface area contributed by atoms with Gasteiger partial charge in [-0.15, -0.1) is 34.8 Å². The van der Waals surface area contributed by atoms with E-state index in [2.05, 4.69) is 156 Å². The summed E-state index contributed by atoms with van der Waals surface area (Å²) in [5, 5.41) is 1.99. The van der Waals surface area contributed by atoms with Crippen LogP contribution in [0.1, 0.15) is 88.9 Å². The molecule has 0 bridgehead atoms. The van der Waals surface area contributed by atoms with E-state index in [1.54, 1.807) is 0 Å². The number of rotatable bonds is 7. The number of pyridine rings is 1. The molecule has 76 heavy (non-hydrogen) atoms. The van der Waals surface area contributed by atoms with Crippen molar-refractivity contribution in [2.24, 2.45) is 0 Å². The Kier molecular flexibility index (Phi) is 12.2. The number of alkyl halides is 3. The average molecular weight is 1180 g/mol. The van der Waals surface area contributed by atoms with Gasteiger partial charge in [0, 0.05) is 28.4 Å². The predicted octanol–water partition coefficient (Wildman–Crippen LogP) is 17.8. The molecule has 0 fully saturated rings. The normalized spacial score (nSPS) is 13.3. The Bertz CT molecular complexity index is 4120. The van der Waals surface area contributed by atoms with Crippen molar-refractivity contribution in [2.75, 3.05) is 4.90 Å². The monoisotopic (exact) mass is 1180 g/mol. The molecular formula is C67H56F3N5Pt. The van der Waals surface area contributed by atoms with Crippen molar-refractivity contribution in [3.8, 4) is 39.3 Å². The maximum atomic E-state index is 15.7. The standard InChI is InChI=1S/C67H56F3N5.Pt/c1-38-31-41(4)60(42(5)32-38)45-28-29-71-59(35-45)74-55-23-17-15-21-51(55)66(9,10)52-26-24-44(34-57(52)74)50-36-47(67(68,69)70)37-58-62(50)73-64(75(58)56-33-39(2)30-40(3)43(56)6)49-25-27-53(65(7,8)46-18-12-11-13-19-46)61-48-20-14-16-22-54(48)72-63(49)61;/h11-33,35-37H,1-10H3;/q-2;+2. The second kappa shape index (κ2) is 18.3. The zero-order valence-electron chi connectivity index (χ0n) is 44.2. The average Bonchev–Trinajstić information content (AvgIpc) is 3.97. The van der Waals surface area contributed by atoms with Gasteiger partial charge in [-0.05, 0) is 149 Å². The Morgan fingerprint density at radius 1 is 0.632 bits per heavy atom. The van der Waals surface area contributed by atoms with Gasteiger partial charge >= 0.3 is 27.2 Å². The smallest absolute Gasteiger partial charge is 0.656 e. The van der Waals surface area contributed by atoms with Gasteiger partial charge in [0.15, 0.2) is 0 Å². The molecule has 0 unspecified atom stereocenters. The van der Waals surface area contributed by atoms with Gasteiger partial charge in [-0.2, -0.15) is 13.2 Å². The van der Waals surface area contributed by atoms with Crippen LogP contribution in [0.2, 0.25) is 0 Å². The molecule has 0 N–H and O–H groups in total. The van der Waals surface area contributed by atoms with Crippen LogP contribution in [0.3, 0.4) is 0 Å². The Labute approximate surface area is 456 Å². The van der Waals surface area contributed by atoms with Crippen LogP contribution in [-0.4, -0.2) is 14.5 Å². The molecule has 4 heterocycles. The topological polar surface area (TPSA) is 48.1 Å². The summed E-state index contributed by atoms with van der Waals surface area (Å²) in [5.74, 6) is 1.17. The number of aryl methyl sites for hydroxylation is 5. The van der Waals surface area contributed by atoms with Crippen molar-refractivity contribution in [3.63, 3.8) is 0 Å². The number of fused-ring (bicyclic) bond motifs is 6. The van der Waals surface area contributed by atoms with Crippen LogP contribution in [0.25, 0.3) is 72.2 Å². The number of benzene rings is 8. The maximum absolute atomic E-state index is 15.7. The second-order valence-electron chi connectivity index (χ2n) is 21.7. The molecule has 1 aliphatic rings. The van der Waals surface area contributed by atoms with E-state index in [-0.39, 0.29) is 21.1 Å². The maximum Gasteiger partial charge on any atom is 2.00 e. The summed E-state index contributed by atoms with van der Waals surface area (Å²) >= 11 is 0. The van der Waals surface area contributed by atoms with E-state index in [9.17, 15) is 0 Å². The molecule has 11 aromatic rings. The number of halogens is 3. The molecule has 0 saturated heterocycles. The minimum atomic E-state index is -4.70. The van der Waals surface area contributed by atoms with Gasteiger partial charge in [0.05, 0.1) is 16.7 Å². The molecule has 9 heteroatoms. The second-order valence-corrected chi connectivity index (χ2v) is 21.7. The molecule has 12 rings (SSSR count). The molecule has 0 amide bonds. The summed E-state index contributed by atoms with van der Waals surface area (Å²) in [7, 11) is 0. The summed E-state index contributed by atoms with van der Waals surface area (Å²) < 4.78 is 49.1. The van der Waals surface area contributed by atoms with Gasteiger partial charge in [0.25, 0.3) is 0 Å². The van der Waals surface area contributed by atoms with Crippen molar-refractivity contribution in [1.29, 1.82) is 0 Å². The molecule has 0 saturated carbocycles. The van der Waals surface area contributed by atoms with Crippen molar-refractivity contribution in [2.45, 2.75) is 86.2 Å². The van der Waals surface area contributed by atoms with Gasteiger partial charge in [-0.1, -0.05) is 154 Å². The van der Waals surface area contributed by atoms with E-state index in [4.69, 9.17) is 15.0 Å². The first-order valence-corrected chi connectivity index (χ1v) is 25.6. The minimum Gasteiger partial charge on any atom is -0.656 e. The predicted molar refractivity (Wildman–Crippen MR) is 301 cm³/mol. The number of anilines is 3. The summed E-state index contributed by atoms with van der Waals surface area (Å²) in [6, 6.07) is 54.1. The molecular weight excluding hydrogens is 1130 g/mol. The van der Waals surface area contributed by atoms with E-state index < -0.39 is 22.6 Å². The van der Waals surface area contributed by atoms with Crippen LogP contribution in [0.15, 0.2) is 158 Å². The number of aromatic nitrogens is 4. The van der Waals surface area contributed by atoms with E-state index >= 15 is 13.2 Å². The number of hydrogen-bond donors (Lipinski definition) is 0. The van der Waals surface area contributed by atoms with Crippen molar-refractivity contribution < 1.29 is 34.2 Å². The first kappa shape index (κ1) is 50.6. The van der Waals surface area contributed by atoms with Gasteiger partial charge < -0.3 is 9.88 Å². The summed E-state index contributed by atoms with van der Waals surface area (Å²) in [5.41, 5.74) is 17.4. The third-order valence-corrected chi connectivity index (χ3v) is 16.0. The van der Waals surface area contributed by atoms with Gasteiger partial charge in [0.2, 0.25) is 0 Å². The third kappa shape index (κ3) is 8.02. The van der Waals surface area contributed by atoms with E-state index in [1.807, 2.05) is 74.0 Å². The van der Waals surface area contributed by atoms with Crippen LogP contribution in [-0.2, 0) is 38.1 Å². The largest absolute Gasteiger partial charge is 2.00 e. The fraction of sp³-hybridized carbons (Fsp3) is 0.194. The third-order valence-electron chi connectivity index (χ3n) is 16.0. The Hall–Kier alpha value is -7.54. The molecule has 8 aromatic carbocycles. The molecule has 5 nitrogen and oxygen atoms in total. The fourth-order valence-corrected chi connectivity index (χ4v) is 12.2.